The van der Waals surface area contributed by atoms with Gasteiger partial charge in [0, 0.05) is 40.0 Å². The molecule has 1 heterocycles. The van der Waals surface area contributed by atoms with E-state index in [0.717, 1.165) is 14.9 Å². The maximum absolute atomic E-state index is 12.7. The number of benzene rings is 2. The Kier molecular flexibility index (Phi) is 6.34. The Morgan fingerprint density at radius 3 is 2.85 bits per heavy atom. The Morgan fingerprint density at radius 1 is 1.33 bits per heavy atom. The van der Waals surface area contributed by atoms with Crippen molar-refractivity contribution in [3.8, 4) is 5.75 Å². The van der Waals surface area contributed by atoms with E-state index in [2.05, 4.69) is 21.2 Å². The molecule has 8 heteroatoms. The summed E-state index contributed by atoms with van der Waals surface area (Å²) in [6, 6.07) is 11.0. The highest BCUT2D eigenvalue weighted by molar-refractivity contribution is 9.10. The van der Waals surface area contributed by atoms with Crippen molar-refractivity contribution in [2.24, 2.45) is 0 Å². The lowest BCUT2D eigenvalue weighted by molar-refractivity contribution is -0.131. The molecule has 1 atom stereocenters. The predicted octanol–water partition coefficient (Wildman–Crippen LogP) is 4.57. The van der Waals surface area contributed by atoms with E-state index in [1.165, 1.54) is 11.8 Å². The number of thioether (sulfide) groups is 1. The van der Waals surface area contributed by atoms with Crippen molar-refractivity contribution in [1.82, 2.24) is 4.90 Å². The second kappa shape index (κ2) is 8.54. The first kappa shape index (κ1) is 20.0. The van der Waals surface area contributed by atoms with E-state index < -0.39 is 5.25 Å². The highest BCUT2D eigenvalue weighted by Crippen LogP contribution is 2.38. The van der Waals surface area contributed by atoms with Gasteiger partial charge in [-0.15, -0.1) is 11.8 Å². The summed E-state index contributed by atoms with van der Waals surface area (Å²) in [5.41, 5.74) is 1.58. The Morgan fingerprint density at radius 2 is 2.11 bits per heavy atom. The number of carbonyl (C=O) groups excluding carboxylic acids is 2. The average molecular weight is 470 g/mol. The summed E-state index contributed by atoms with van der Waals surface area (Å²) in [5.74, 6) is 0.423. The van der Waals surface area contributed by atoms with Gasteiger partial charge in [-0.1, -0.05) is 27.5 Å². The number of nitrogens with one attached hydrogen (secondary N) is 1. The van der Waals surface area contributed by atoms with E-state index >= 15 is 0 Å². The molecule has 0 aromatic heterocycles. The molecule has 0 radical (unpaired) electrons. The number of fused-ring (bicyclic) bond motifs is 1. The zero-order chi connectivity index (χ0) is 19.6. The van der Waals surface area contributed by atoms with Gasteiger partial charge in [-0.3, -0.25) is 9.59 Å². The molecule has 3 rings (SSSR count). The number of hydrogen-bond donors (Lipinski definition) is 1. The van der Waals surface area contributed by atoms with Crippen LogP contribution in [0.25, 0.3) is 0 Å². The predicted molar refractivity (Wildman–Crippen MR) is 112 cm³/mol. The number of amides is 2. The van der Waals surface area contributed by atoms with Crippen molar-refractivity contribution in [3.05, 3.63) is 51.5 Å². The summed E-state index contributed by atoms with van der Waals surface area (Å²) in [6.45, 7) is 0.395. The molecule has 0 fully saturated rings. The van der Waals surface area contributed by atoms with E-state index in [-0.39, 0.29) is 18.2 Å². The third kappa shape index (κ3) is 4.78. The summed E-state index contributed by atoms with van der Waals surface area (Å²) in [5, 5.41) is 2.92. The zero-order valence-electron chi connectivity index (χ0n) is 14.8. The Bertz CT molecular complexity index is 893. The first-order valence-corrected chi connectivity index (χ1v) is 10.3. The van der Waals surface area contributed by atoms with Crippen LogP contribution < -0.4 is 10.1 Å². The maximum atomic E-state index is 12.7. The summed E-state index contributed by atoms with van der Waals surface area (Å²) in [4.78, 5) is 27.5. The minimum atomic E-state index is -0.474. The van der Waals surface area contributed by atoms with Crippen LogP contribution in [0.5, 0.6) is 5.75 Å². The standard InChI is InChI=1S/C19H18BrClN2O3S/c1-23(10-11-7-12(20)3-5-15(11)26-2)18(24)9-17-19(25)22-14-8-13(21)4-6-16(14)27-17/h3-8,17H,9-10H2,1-2H3,(H,22,25). The van der Waals surface area contributed by atoms with Gasteiger partial charge in [0.25, 0.3) is 0 Å². The third-order valence-corrected chi connectivity index (χ3v) is 6.20. The highest BCUT2D eigenvalue weighted by atomic mass is 79.9. The number of ether oxygens (including phenoxy) is 1. The van der Waals surface area contributed by atoms with Crippen molar-refractivity contribution >= 4 is 56.8 Å². The van der Waals surface area contributed by atoms with Crippen molar-refractivity contribution in [1.29, 1.82) is 0 Å². The Hall–Kier alpha value is -1.70. The summed E-state index contributed by atoms with van der Waals surface area (Å²) in [7, 11) is 3.32. The molecule has 142 valence electrons. The van der Waals surface area contributed by atoms with Crippen LogP contribution in [0.3, 0.4) is 0 Å². The molecule has 5 nitrogen and oxygen atoms in total. The minimum Gasteiger partial charge on any atom is -0.496 e. The molecule has 2 aromatic carbocycles. The molecule has 0 bridgehead atoms. The number of hydrogen-bond acceptors (Lipinski definition) is 4. The van der Waals surface area contributed by atoms with Crippen molar-refractivity contribution in [3.63, 3.8) is 0 Å². The van der Waals surface area contributed by atoms with Crippen molar-refractivity contribution in [2.45, 2.75) is 23.1 Å². The maximum Gasteiger partial charge on any atom is 0.238 e. The molecule has 1 aliphatic rings. The lowest BCUT2D eigenvalue weighted by Gasteiger charge is -2.26. The molecule has 0 spiro atoms. The third-order valence-electron chi connectivity index (χ3n) is 4.20. The average Bonchev–Trinajstić information content (AvgIpc) is 2.62. The van der Waals surface area contributed by atoms with Gasteiger partial charge in [-0.05, 0) is 36.4 Å². The van der Waals surface area contributed by atoms with E-state index in [4.69, 9.17) is 16.3 Å². The number of anilines is 1. The normalized spacial score (nSPS) is 15.7. The molecular formula is C19H18BrClN2O3S. The molecular weight excluding hydrogens is 452 g/mol. The number of halogens is 2. The van der Waals surface area contributed by atoms with E-state index in [1.54, 1.807) is 31.2 Å². The SMILES string of the molecule is COc1ccc(Br)cc1CN(C)C(=O)CC1Sc2ccc(Cl)cc2NC1=O. The fourth-order valence-electron chi connectivity index (χ4n) is 2.79. The summed E-state index contributed by atoms with van der Waals surface area (Å²) >= 11 is 10.8. The fraction of sp³-hybridized carbons (Fsp3) is 0.263. The quantitative estimate of drug-likeness (QED) is 0.697. The number of carbonyl (C=O) groups is 2. The molecule has 27 heavy (non-hydrogen) atoms. The number of methoxy groups -OCH3 is 1. The monoisotopic (exact) mass is 468 g/mol. The topological polar surface area (TPSA) is 58.6 Å². The van der Waals surface area contributed by atoms with Gasteiger partial charge in [0.2, 0.25) is 11.8 Å². The largest absolute Gasteiger partial charge is 0.496 e. The van der Waals surface area contributed by atoms with Gasteiger partial charge in [0.15, 0.2) is 0 Å². The lowest BCUT2D eigenvalue weighted by Crippen LogP contribution is -2.35. The molecule has 0 aliphatic carbocycles. The molecule has 1 unspecified atom stereocenters. The second-order valence-electron chi connectivity index (χ2n) is 6.15. The first-order chi connectivity index (χ1) is 12.9. The molecule has 2 aromatic rings. The van der Waals surface area contributed by atoms with Crippen LogP contribution in [0, 0.1) is 0 Å². The second-order valence-corrected chi connectivity index (χ2v) is 8.74. The van der Waals surface area contributed by atoms with Gasteiger partial charge < -0.3 is 15.0 Å². The van der Waals surface area contributed by atoms with Crippen LogP contribution in [0.2, 0.25) is 5.02 Å². The van der Waals surface area contributed by atoms with Gasteiger partial charge in [0.05, 0.1) is 18.0 Å². The summed E-state index contributed by atoms with van der Waals surface area (Å²) < 4.78 is 6.27. The Balaban J connectivity index is 1.67. The minimum absolute atomic E-state index is 0.109. The molecule has 1 N–H and O–H groups in total. The highest BCUT2D eigenvalue weighted by Gasteiger charge is 2.30. The van der Waals surface area contributed by atoms with E-state index in [9.17, 15) is 9.59 Å². The fourth-order valence-corrected chi connectivity index (χ4v) is 4.45. The van der Waals surface area contributed by atoms with Crippen LogP contribution in [-0.4, -0.2) is 36.1 Å². The Labute approximate surface area is 175 Å². The van der Waals surface area contributed by atoms with Crippen LogP contribution in [0.15, 0.2) is 45.8 Å². The molecule has 0 saturated heterocycles. The van der Waals surface area contributed by atoms with E-state index in [0.29, 0.717) is 23.0 Å². The van der Waals surface area contributed by atoms with Crippen LogP contribution in [-0.2, 0) is 16.1 Å². The molecule has 1 aliphatic heterocycles. The lowest BCUT2D eigenvalue weighted by atomic mass is 10.1. The van der Waals surface area contributed by atoms with Gasteiger partial charge in [0.1, 0.15) is 5.75 Å². The van der Waals surface area contributed by atoms with Gasteiger partial charge in [-0.25, -0.2) is 0 Å². The van der Waals surface area contributed by atoms with Crippen LogP contribution in [0.4, 0.5) is 5.69 Å². The summed E-state index contributed by atoms with van der Waals surface area (Å²) in [6.07, 6.45) is 0.116. The molecule has 0 saturated carbocycles. The van der Waals surface area contributed by atoms with Crippen molar-refractivity contribution < 1.29 is 14.3 Å². The van der Waals surface area contributed by atoms with Crippen LogP contribution in [0.1, 0.15) is 12.0 Å². The first-order valence-electron chi connectivity index (χ1n) is 8.21. The van der Waals surface area contributed by atoms with Crippen LogP contribution >= 0.6 is 39.3 Å². The number of rotatable bonds is 5. The number of nitrogens with zero attached hydrogens (tertiary/aromatic N) is 1. The van der Waals surface area contributed by atoms with Gasteiger partial charge >= 0.3 is 0 Å². The smallest absolute Gasteiger partial charge is 0.238 e. The van der Waals surface area contributed by atoms with E-state index in [1.807, 2.05) is 24.3 Å². The van der Waals surface area contributed by atoms with Crippen molar-refractivity contribution in [2.75, 3.05) is 19.5 Å². The molecule has 2 amide bonds. The zero-order valence-corrected chi connectivity index (χ0v) is 18.0. The van der Waals surface area contributed by atoms with Gasteiger partial charge in [-0.2, -0.15) is 0 Å².